The first kappa shape index (κ1) is 11.7. The number of thiophene rings is 1. The number of anilines is 1. The summed E-state index contributed by atoms with van der Waals surface area (Å²) in [5.74, 6) is 0.807. The molecule has 0 spiro atoms. The van der Waals surface area contributed by atoms with E-state index >= 15 is 0 Å². The van der Waals surface area contributed by atoms with Crippen molar-refractivity contribution in [3.8, 4) is 6.07 Å². The number of nitrogens with one attached hydrogen (secondary N) is 1. The van der Waals surface area contributed by atoms with Crippen molar-refractivity contribution < 1.29 is 0 Å². The van der Waals surface area contributed by atoms with E-state index in [1.165, 1.54) is 4.88 Å². The summed E-state index contributed by atoms with van der Waals surface area (Å²) in [7, 11) is 1.85. The van der Waals surface area contributed by atoms with E-state index in [4.69, 9.17) is 5.26 Å². The van der Waals surface area contributed by atoms with E-state index in [2.05, 4.69) is 34.0 Å². The van der Waals surface area contributed by atoms with E-state index in [0.29, 0.717) is 5.56 Å². The Balaban J connectivity index is 2.02. The smallest absolute Gasteiger partial charge is 0.142 e. The maximum Gasteiger partial charge on any atom is 0.142 e. The van der Waals surface area contributed by atoms with Crippen LogP contribution in [0.2, 0.25) is 0 Å². The van der Waals surface area contributed by atoms with Gasteiger partial charge in [-0.3, -0.25) is 4.68 Å². The monoisotopic (exact) mass is 246 g/mol. The predicted octanol–water partition coefficient (Wildman–Crippen LogP) is 2.32. The molecule has 0 aliphatic rings. The second-order valence-corrected chi connectivity index (χ2v) is 4.83. The zero-order valence-corrected chi connectivity index (χ0v) is 10.7. The van der Waals surface area contributed by atoms with Gasteiger partial charge in [-0.25, -0.2) is 0 Å². The summed E-state index contributed by atoms with van der Waals surface area (Å²) in [5.41, 5.74) is 1.41. The summed E-state index contributed by atoms with van der Waals surface area (Å²) in [4.78, 5) is 1.34. The van der Waals surface area contributed by atoms with Gasteiger partial charge in [0, 0.05) is 18.5 Å². The van der Waals surface area contributed by atoms with E-state index in [1.807, 2.05) is 14.0 Å². The lowest BCUT2D eigenvalue weighted by Gasteiger charge is -2.05. The number of aromatic nitrogens is 2. The van der Waals surface area contributed by atoms with Crippen LogP contribution in [0.1, 0.15) is 16.1 Å². The maximum absolute atomic E-state index is 9.05. The fraction of sp³-hybridized carbons (Fsp3) is 0.333. The minimum atomic E-state index is 0.638. The third-order valence-electron chi connectivity index (χ3n) is 2.58. The first-order valence-electron chi connectivity index (χ1n) is 5.42. The van der Waals surface area contributed by atoms with Crippen LogP contribution in [0.5, 0.6) is 0 Å². The minimum absolute atomic E-state index is 0.638. The minimum Gasteiger partial charge on any atom is -0.369 e. The van der Waals surface area contributed by atoms with Gasteiger partial charge in [0.05, 0.1) is 5.69 Å². The lowest BCUT2D eigenvalue weighted by atomic mass is 10.2. The van der Waals surface area contributed by atoms with Crippen LogP contribution in [-0.4, -0.2) is 16.3 Å². The normalized spacial score (nSPS) is 10.2. The summed E-state index contributed by atoms with van der Waals surface area (Å²) < 4.78 is 1.72. The third kappa shape index (κ3) is 2.48. The van der Waals surface area contributed by atoms with Gasteiger partial charge in [-0.1, -0.05) is 6.07 Å². The van der Waals surface area contributed by atoms with Crippen LogP contribution in [-0.2, 0) is 13.5 Å². The average molecular weight is 246 g/mol. The standard InChI is InChI=1S/C12H14N4S/c1-9-11(8-13)12(16(2)15-9)14-6-5-10-4-3-7-17-10/h3-4,7,14H,5-6H2,1-2H3. The van der Waals surface area contributed by atoms with Crippen LogP contribution in [0.3, 0.4) is 0 Å². The predicted molar refractivity (Wildman–Crippen MR) is 69.2 cm³/mol. The topological polar surface area (TPSA) is 53.6 Å². The molecule has 5 heteroatoms. The maximum atomic E-state index is 9.05. The number of rotatable bonds is 4. The van der Waals surface area contributed by atoms with Crippen molar-refractivity contribution >= 4 is 17.2 Å². The molecule has 2 aromatic rings. The van der Waals surface area contributed by atoms with E-state index in [-0.39, 0.29) is 0 Å². The summed E-state index contributed by atoms with van der Waals surface area (Å²) >= 11 is 1.75. The summed E-state index contributed by atoms with van der Waals surface area (Å²) in [6, 6.07) is 6.35. The van der Waals surface area contributed by atoms with Crippen molar-refractivity contribution in [3.63, 3.8) is 0 Å². The van der Waals surface area contributed by atoms with Crippen molar-refractivity contribution in [3.05, 3.63) is 33.6 Å². The third-order valence-corrected chi connectivity index (χ3v) is 3.51. The molecular weight excluding hydrogens is 232 g/mol. The van der Waals surface area contributed by atoms with Gasteiger partial charge in [0.25, 0.3) is 0 Å². The Kier molecular flexibility index (Phi) is 3.45. The summed E-state index contributed by atoms with van der Waals surface area (Å²) in [6.45, 7) is 2.66. The molecule has 2 heterocycles. The number of nitriles is 1. The highest BCUT2D eigenvalue weighted by molar-refractivity contribution is 7.09. The van der Waals surface area contributed by atoms with Crippen LogP contribution in [0, 0.1) is 18.3 Å². The molecule has 0 fully saturated rings. The number of aryl methyl sites for hydroxylation is 2. The number of nitrogens with zero attached hydrogens (tertiary/aromatic N) is 3. The van der Waals surface area contributed by atoms with Crippen molar-refractivity contribution in [2.45, 2.75) is 13.3 Å². The molecule has 17 heavy (non-hydrogen) atoms. The van der Waals surface area contributed by atoms with E-state index in [9.17, 15) is 0 Å². The van der Waals surface area contributed by atoms with Gasteiger partial charge in [0.15, 0.2) is 0 Å². The largest absolute Gasteiger partial charge is 0.369 e. The van der Waals surface area contributed by atoms with Crippen LogP contribution in [0.15, 0.2) is 17.5 Å². The summed E-state index contributed by atoms with van der Waals surface area (Å²) in [6.07, 6.45) is 0.965. The van der Waals surface area contributed by atoms with Crippen molar-refractivity contribution in [2.24, 2.45) is 7.05 Å². The molecular formula is C12H14N4S. The molecule has 0 aliphatic carbocycles. The van der Waals surface area contributed by atoms with Gasteiger partial charge >= 0.3 is 0 Å². The molecule has 2 rings (SSSR count). The van der Waals surface area contributed by atoms with Gasteiger partial charge in [0.2, 0.25) is 0 Å². The Morgan fingerprint density at radius 2 is 2.41 bits per heavy atom. The lowest BCUT2D eigenvalue weighted by Crippen LogP contribution is -2.09. The molecule has 88 valence electrons. The zero-order chi connectivity index (χ0) is 12.3. The van der Waals surface area contributed by atoms with Crippen molar-refractivity contribution in [1.82, 2.24) is 9.78 Å². The molecule has 4 nitrogen and oxygen atoms in total. The van der Waals surface area contributed by atoms with Crippen LogP contribution in [0.25, 0.3) is 0 Å². The Morgan fingerprint density at radius 3 is 3.06 bits per heavy atom. The summed E-state index contributed by atoms with van der Waals surface area (Å²) in [5, 5.41) is 18.6. The quantitative estimate of drug-likeness (QED) is 0.900. The molecule has 0 unspecified atom stereocenters. The van der Waals surface area contributed by atoms with Gasteiger partial charge < -0.3 is 5.32 Å². The van der Waals surface area contributed by atoms with E-state index in [1.54, 1.807) is 16.0 Å². The fourth-order valence-electron chi connectivity index (χ4n) is 1.75. The number of hydrogen-bond acceptors (Lipinski definition) is 4. The Hall–Kier alpha value is -1.80. The van der Waals surface area contributed by atoms with E-state index in [0.717, 1.165) is 24.5 Å². The first-order valence-corrected chi connectivity index (χ1v) is 6.30. The van der Waals surface area contributed by atoms with E-state index < -0.39 is 0 Å². The first-order chi connectivity index (χ1) is 8.22. The molecule has 0 saturated heterocycles. The second kappa shape index (κ2) is 5.02. The molecule has 0 bridgehead atoms. The van der Waals surface area contributed by atoms with Crippen LogP contribution >= 0.6 is 11.3 Å². The zero-order valence-electron chi connectivity index (χ0n) is 9.90. The van der Waals surface area contributed by atoms with Gasteiger partial charge in [-0.05, 0) is 24.8 Å². The highest BCUT2D eigenvalue weighted by Crippen LogP contribution is 2.17. The molecule has 0 radical (unpaired) electrons. The molecule has 0 aromatic carbocycles. The van der Waals surface area contributed by atoms with Crippen LogP contribution < -0.4 is 5.32 Å². The highest BCUT2D eigenvalue weighted by Gasteiger charge is 2.11. The average Bonchev–Trinajstić information content (AvgIpc) is 2.88. The Bertz CT molecular complexity index is 534. The fourth-order valence-corrected chi connectivity index (χ4v) is 2.46. The molecule has 0 aliphatic heterocycles. The van der Waals surface area contributed by atoms with Gasteiger partial charge in [-0.15, -0.1) is 11.3 Å². The van der Waals surface area contributed by atoms with Gasteiger partial charge in [-0.2, -0.15) is 10.4 Å². The Labute approximate surface area is 105 Å². The molecule has 0 amide bonds. The molecule has 0 atom stereocenters. The lowest BCUT2D eigenvalue weighted by molar-refractivity contribution is 0.757. The van der Waals surface area contributed by atoms with Gasteiger partial charge in [0.1, 0.15) is 17.5 Å². The molecule has 1 N–H and O–H groups in total. The second-order valence-electron chi connectivity index (χ2n) is 3.80. The molecule has 0 saturated carbocycles. The van der Waals surface area contributed by atoms with Crippen LogP contribution in [0.4, 0.5) is 5.82 Å². The highest BCUT2D eigenvalue weighted by atomic mass is 32.1. The van der Waals surface area contributed by atoms with Crippen molar-refractivity contribution in [1.29, 1.82) is 5.26 Å². The number of hydrogen-bond donors (Lipinski definition) is 1. The van der Waals surface area contributed by atoms with Crippen molar-refractivity contribution in [2.75, 3.05) is 11.9 Å². The Morgan fingerprint density at radius 1 is 1.59 bits per heavy atom. The molecule has 2 aromatic heterocycles. The SMILES string of the molecule is Cc1nn(C)c(NCCc2cccs2)c1C#N.